The Balaban J connectivity index is 2.12. The Morgan fingerprint density at radius 3 is 2.21 bits per heavy atom. The summed E-state index contributed by atoms with van der Waals surface area (Å²) < 4.78 is 0. The van der Waals surface area contributed by atoms with Crippen LogP contribution in [0.15, 0.2) is 0 Å². The fourth-order valence-corrected chi connectivity index (χ4v) is 1.74. The van der Waals surface area contributed by atoms with Crippen molar-refractivity contribution < 1.29 is 0 Å². The molecule has 0 aromatic heterocycles. The van der Waals surface area contributed by atoms with Crippen molar-refractivity contribution in [2.24, 2.45) is 0 Å². The van der Waals surface area contributed by atoms with Crippen LogP contribution in [0.5, 0.6) is 0 Å². The number of hydrogen-bond acceptors (Lipinski definition) is 2. The molecule has 1 aliphatic rings. The fourth-order valence-electron chi connectivity index (χ4n) is 1.47. The van der Waals surface area contributed by atoms with Gasteiger partial charge in [-0.2, -0.15) is 0 Å². The maximum atomic E-state index is 5.08. The van der Waals surface area contributed by atoms with E-state index >= 15 is 0 Å². The first-order valence-corrected chi connectivity index (χ1v) is 5.58. The summed E-state index contributed by atoms with van der Waals surface area (Å²) in [5, 5.41) is 7.15. The Kier molecular flexibility index (Phi) is 4.89. The summed E-state index contributed by atoms with van der Waals surface area (Å²) in [5.41, 5.74) is 5.60. The lowest BCUT2D eigenvalue weighted by molar-refractivity contribution is 0.617. The molecule has 1 saturated carbocycles. The van der Waals surface area contributed by atoms with Gasteiger partial charge in [-0.3, -0.25) is 10.9 Å². The van der Waals surface area contributed by atoms with Gasteiger partial charge >= 0.3 is 0 Å². The molecule has 0 saturated heterocycles. The molecule has 0 heterocycles. The van der Waals surface area contributed by atoms with Gasteiger partial charge in [0.1, 0.15) is 0 Å². The first kappa shape index (κ1) is 11.5. The second-order valence-corrected chi connectivity index (χ2v) is 4.10. The van der Waals surface area contributed by atoms with Crippen molar-refractivity contribution in [3.63, 3.8) is 0 Å². The highest BCUT2D eigenvalue weighted by Gasteiger charge is 2.15. The second-order valence-electron chi connectivity index (χ2n) is 3.28. The standard InChI is InChI=1S/C8H16N4S2/c1-9-7(13)11-12-8(14)10-6-4-2-3-5-6/h6H,2-5H2,1H3,(H2,9,11,13)(H2,10,12,14). The summed E-state index contributed by atoms with van der Waals surface area (Å²) in [7, 11) is 1.75. The molecule has 0 atom stereocenters. The Morgan fingerprint density at radius 2 is 1.64 bits per heavy atom. The largest absolute Gasteiger partial charge is 0.364 e. The monoisotopic (exact) mass is 232 g/mol. The summed E-state index contributed by atoms with van der Waals surface area (Å²) in [6.07, 6.45) is 5.00. The Labute approximate surface area is 95.2 Å². The molecule has 4 N–H and O–H groups in total. The minimum absolute atomic E-state index is 0.528. The summed E-state index contributed by atoms with van der Waals surface area (Å²) in [6, 6.07) is 0.528. The molecule has 0 spiro atoms. The van der Waals surface area contributed by atoms with E-state index in [9.17, 15) is 0 Å². The molecule has 0 amide bonds. The van der Waals surface area contributed by atoms with E-state index in [1.54, 1.807) is 7.05 Å². The van der Waals surface area contributed by atoms with Gasteiger partial charge in [0.15, 0.2) is 10.2 Å². The van der Waals surface area contributed by atoms with E-state index in [1.807, 2.05) is 0 Å². The quantitative estimate of drug-likeness (QED) is 0.388. The average Bonchev–Trinajstić information content (AvgIpc) is 2.66. The van der Waals surface area contributed by atoms with Gasteiger partial charge in [0.2, 0.25) is 0 Å². The lowest BCUT2D eigenvalue weighted by atomic mass is 10.3. The normalized spacial score (nSPS) is 16.1. The Hall–Kier alpha value is -0.620. The van der Waals surface area contributed by atoms with E-state index < -0.39 is 0 Å². The van der Waals surface area contributed by atoms with Crippen LogP contribution in [-0.2, 0) is 0 Å². The predicted molar refractivity (Wildman–Crippen MR) is 65.9 cm³/mol. The van der Waals surface area contributed by atoms with Gasteiger partial charge in [0.05, 0.1) is 0 Å². The van der Waals surface area contributed by atoms with Crippen molar-refractivity contribution in [2.75, 3.05) is 7.05 Å². The van der Waals surface area contributed by atoms with E-state index in [0.29, 0.717) is 16.3 Å². The van der Waals surface area contributed by atoms with Crippen LogP contribution in [0.25, 0.3) is 0 Å². The molecule has 0 aromatic rings. The highest BCUT2D eigenvalue weighted by atomic mass is 32.1. The first-order chi connectivity index (χ1) is 6.72. The number of hydrogen-bond donors (Lipinski definition) is 4. The van der Waals surface area contributed by atoms with Crippen LogP contribution in [0.1, 0.15) is 25.7 Å². The van der Waals surface area contributed by atoms with Crippen molar-refractivity contribution in [1.29, 1.82) is 0 Å². The molecule has 0 bridgehead atoms. The third kappa shape index (κ3) is 4.06. The van der Waals surface area contributed by atoms with Crippen LogP contribution < -0.4 is 21.5 Å². The molecule has 4 nitrogen and oxygen atoms in total. The first-order valence-electron chi connectivity index (χ1n) is 4.76. The molecule has 1 aliphatic carbocycles. The molecule has 0 radical (unpaired) electrons. The van der Waals surface area contributed by atoms with Crippen molar-refractivity contribution in [2.45, 2.75) is 31.7 Å². The van der Waals surface area contributed by atoms with Crippen LogP contribution in [0.2, 0.25) is 0 Å². The maximum Gasteiger partial charge on any atom is 0.185 e. The molecule has 1 fully saturated rings. The highest BCUT2D eigenvalue weighted by Crippen LogP contribution is 2.17. The fraction of sp³-hybridized carbons (Fsp3) is 0.750. The van der Waals surface area contributed by atoms with Gasteiger partial charge in [0.25, 0.3) is 0 Å². The average molecular weight is 232 g/mol. The van der Waals surface area contributed by atoms with E-state index in [0.717, 1.165) is 0 Å². The second kappa shape index (κ2) is 5.98. The third-order valence-electron chi connectivity index (χ3n) is 2.21. The minimum atomic E-state index is 0.528. The van der Waals surface area contributed by atoms with Crippen molar-refractivity contribution in [3.8, 4) is 0 Å². The summed E-state index contributed by atoms with van der Waals surface area (Å²) >= 11 is 9.97. The third-order valence-corrected chi connectivity index (χ3v) is 2.73. The Bertz CT molecular complexity index is 213. The van der Waals surface area contributed by atoms with Crippen molar-refractivity contribution in [3.05, 3.63) is 0 Å². The lowest BCUT2D eigenvalue weighted by Gasteiger charge is -2.16. The predicted octanol–water partition coefficient (Wildman–Crippen LogP) is 0.402. The molecule has 0 aromatic carbocycles. The van der Waals surface area contributed by atoms with Crippen LogP contribution in [-0.4, -0.2) is 23.3 Å². The van der Waals surface area contributed by atoms with Gasteiger partial charge in [-0.05, 0) is 37.3 Å². The van der Waals surface area contributed by atoms with Crippen molar-refractivity contribution >= 4 is 34.7 Å². The van der Waals surface area contributed by atoms with Gasteiger partial charge in [-0.15, -0.1) is 0 Å². The zero-order valence-corrected chi connectivity index (χ0v) is 9.86. The van der Waals surface area contributed by atoms with Gasteiger partial charge in [-0.25, -0.2) is 0 Å². The zero-order valence-electron chi connectivity index (χ0n) is 8.22. The molecule has 6 heteroatoms. The summed E-state index contributed by atoms with van der Waals surface area (Å²) in [6.45, 7) is 0. The van der Waals surface area contributed by atoms with Crippen molar-refractivity contribution in [1.82, 2.24) is 21.5 Å². The molecule has 1 rings (SSSR count). The maximum absolute atomic E-state index is 5.08. The summed E-state index contributed by atoms with van der Waals surface area (Å²) in [5.74, 6) is 0. The van der Waals surface area contributed by atoms with Crippen LogP contribution in [0.4, 0.5) is 0 Å². The lowest BCUT2D eigenvalue weighted by Crippen LogP contribution is -2.51. The number of hydrazine groups is 1. The highest BCUT2D eigenvalue weighted by molar-refractivity contribution is 7.80. The molecule has 14 heavy (non-hydrogen) atoms. The zero-order chi connectivity index (χ0) is 10.4. The molecule has 0 aliphatic heterocycles. The van der Waals surface area contributed by atoms with E-state index in [-0.39, 0.29) is 0 Å². The van der Waals surface area contributed by atoms with E-state index in [1.165, 1.54) is 25.7 Å². The van der Waals surface area contributed by atoms with E-state index in [2.05, 4.69) is 21.5 Å². The molecule has 80 valence electrons. The van der Waals surface area contributed by atoms with Gasteiger partial charge in [-0.1, -0.05) is 12.8 Å². The van der Waals surface area contributed by atoms with Crippen LogP contribution in [0, 0.1) is 0 Å². The molecule has 0 unspecified atom stereocenters. The molecular weight excluding hydrogens is 216 g/mol. The SMILES string of the molecule is CNC(=S)NNC(=S)NC1CCCC1. The van der Waals surface area contributed by atoms with Gasteiger partial charge < -0.3 is 10.6 Å². The number of rotatable bonds is 1. The van der Waals surface area contributed by atoms with Gasteiger partial charge in [0, 0.05) is 13.1 Å². The topological polar surface area (TPSA) is 48.1 Å². The van der Waals surface area contributed by atoms with Crippen LogP contribution in [0.3, 0.4) is 0 Å². The van der Waals surface area contributed by atoms with Crippen LogP contribution >= 0.6 is 24.4 Å². The summed E-state index contributed by atoms with van der Waals surface area (Å²) in [4.78, 5) is 0. The van der Waals surface area contributed by atoms with E-state index in [4.69, 9.17) is 24.4 Å². The molecular formula is C8H16N4S2. The smallest absolute Gasteiger partial charge is 0.185 e. The number of nitrogens with one attached hydrogen (secondary N) is 4. The number of thiocarbonyl (C=S) groups is 2. The Morgan fingerprint density at radius 1 is 1.07 bits per heavy atom. The minimum Gasteiger partial charge on any atom is -0.364 e.